The summed E-state index contributed by atoms with van der Waals surface area (Å²) in [4.78, 5) is 0. The van der Waals surface area contributed by atoms with Gasteiger partial charge in [0.25, 0.3) is 0 Å². The van der Waals surface area contributed by atoms with Gasteiger partial charge in [0.15, 0.2) is 0 Å². The first-order valence-electron chi connectivity index (χ1n) is 11.8. The van der Waals surface area contributed by atoms with Gasteiger partial charge in [0.2, 0.25) is 0 Å². The van der Waals surface area contributed by atoms with E-state index in [0.717, 1.165) is 11.8 Å². The van der Waals surface area contributed by atoms with Crippen LogP contribution in [-0.2, 0) is 17.8 Å². The molecule has 0 saturated heterocycles. The van der Waals surface area contributed by atoms with E-state index in [1.165, 1.54) is 73.6 Å². The maximum Gasteiger partial charge on any atom is 0.0721 e. The van der Waals surface area contributed by atoms with E-state index in [1.807, 2.05) is 0 Å². The highest BCUT2D eigenvalue weighted by Gasteiger charge is 2.22. The maximum absolute atomic E-state index is 5.54. The fourth-order valence-electron chi connectivity index (χ4n) is 4.48. The fourth-order valence-corrected chi connectivity index (χ4v) is 4.48. The summed E-state index contributed by atoms with van der Waals surface area (Å²) in [6.45, 7) is 7.21. The minimum absolute atomic E-state index is 0.617. The van der Waals surface area contributed by atoms with Crippen LogP contribution in [0.4, 0.5) is 0 Å². The van der Waals surface area contributed by atoms with Gasteiger partial charge < -0.3 is 4.74 Å². The summed E-state index contributed by atoms with van der Waals surface area (Å²) < 4.78 is 5.54. The zero-order chi connectivity index (χ0) is 21.0. The number of rotatable bonds is 11. The molecule has 1 nitrogen and oxygen atoms in total. The van der Waals surface area contributed by atoms with Crippen LogP contribution in [0, 0.1) is 5.92 Å². The van der Waals surface area contributed by atoms with Crippen LogP contribution in [0.5, 0.6) is 0 Å². The van der Waals surface area contributed by atoms with Crippen molar-refractivity contribution in [1.82, 2.24) is 0 Å². The zero-order valence-corrected chi connectivity index (χ0v) is 18.7. The quantitative estimate of drug-likeness (QED) is 0.272. The molecule has 30 heavy (non-hydrogen) atoms. The third-order valence-electron chi connectivity index (χ3n) is 6.39. The van der Waals surface area contributed by atoms with Gasteiger partial charge in [0.05, 0.1) is 13.2 Å². The molecule has 0 spiro atoms. The molecule has 1 saturated carbocycles. The zero-order valence-electron chi connectivity index (χ0n) is 18.7. The topological polar surface area (TPSA) is 9.23 Å². The van der Waals surface area contributed by atoms with Crippen LogP contribution in [0.1, 0.15) is 80.0 Å². The molecule has 1 fully saturated rings. The molecule has 3 rings (SSSR count). The molecule has 1 heteroatoms. The van der Waals surface area contributed by atoms with Crippen LogP contribution in [0.2, 0.25) is 0 Å². The van der Waals surface area contributed by atoms with Crippen molar-refractivity contribution in [3.05, 3.63) is 89.5 Å². The molecular weight excluding hydrogens is 364 g/mol. The molecule has 0 N–H and O–H groups in total. The molecule has 2 aromatic carbocycles. The Kier molecular flexibility index (Phi) is 9.44. The van der Waals surface area contributed by atoms with E-state index in [4.69, 9.17) is 4.74 Å². The van der Waals surface area contributed by atoms with Crippen molar-refractivity contribution < 1.29 is 4.74 Å². The van der Waals surface area contributed by atoms with Crippen molar-refractivity contribution >= 4 is 6.08 Å². The standard InChI is InChI=1S/C29H38O/c1-3-5-6-7-24-8-10-25(11-9-24)12-13-26-14-18-28(19-15-26)29-20-16-27(17-21-29)23-30-22-4-2/h4,6-11,16-17,20-21,26,28H,2-3,5,12-15,18-19,22-23H2,1H3/b7-6+. The molecule has 160 valence electrons. The SMILES string of the molecule is C=CCOCc1ccc(C2CCC(CCc3ccc(/C=C/CCC)cc3)CC2)cc1. The Morgan fingerprint density at radius 2 is 1.63 bits per heavy atom. The molecule has 0 atom stereocenters. The van der Waals surface area contributed by atoms with Gasteiger partial charge in [0, 0.05) is 0 Å². The normalized spacial score (nSPS) is 19.2. The minimum atomic E-state index is 0.617. The summed E-state index contributed by atoms with van der Waals surface area (Å²) in [5.41, 5.74) is 5.57. The molecule has 0 radical (unpaired) electrons. The molecule has 0 bridgehead atoms. The molecule has 0 aliphatic heterocycles. The van der Waals surface area contributed by atoms with E-state index in [2.05, 4.69) is 74.2 Å². The molecule has 1 aliphatic carbocycles. The van der Waals surface area contributed by atoms with Crippen molar-refractivity contribution in [2.45, 2.75) is 70.8 Å². The smallest absolute Gasteiger partial charge is 0.0721 e. The van der Waals surface area contributed by atoms with Gasteiger partial charge in [-0.2, -0.15) is 0 Å². The summed E-state index contributed by atoms with van der Waals surface area (Å²) in [7, 11) is 0. The first kappa shape index (κ1) is 22.6. The first-order chi connectivity index (χ1) is 14.8. The second kappa shape index (κ2) is 12.5. The monoisotopic (exact) mass is 402 g/mol. The van der Waals surface area contributed by atoms with Gasteiger partial charge in [-0.15, -0.1) is 6.58 Å². The summed E-state index contributed by atoms with van der Waals surface area (Å²) in [5.74, 6) is 1.62. The number of aryl methyl sites for hydroxylation is 1. The Morgan fingerprint density at radius 1 is 0.933 bits per heavy atom. The maximum atomic E-state index is 5.54. The molecular formula is C29H38O. The molecule has 0 heterocycles. The third-order valence-corrected chi connectivity index (χ3v) is 6.39. The van der Waals surface area contributed by atoms with E-state index in [1.54, 1.807) is 6.08 Å². The minimum Gasteiger partial charge on any atom is -0.373 e. The number of benzene rings is 2. The van der Waals surface area contributed by atoms with Crippen LogP contribution < -0.4 is 0 Å². The predicted molar refractivity (Wildman–Crippen MR) is 130 cm³/mol. The summed E-state index contributed by atoms with van der Waals surface area (Å²) in [6.07, 6.45) is 16.6. The molecule has 2 aromatic rings. The van der Waals surface area contributed by atoms with Crippen molar-refractivity contribution in [2.24, 2.45) is 5.92 Å². The van der Waals surface area contributed by atoms with E-state index in [-0.39, 0.29) is 0 Å². The summed E-state index contributed by atoms with van der Waals surface area (Å²) >= 11 is 0. The average Bonchev–Trinajstić information content (AvgIpc) is 2.80. The second-order valence-electron chi connectivity index (χ2n) is 8.73. The number of allylic oxidation sites excluding steroid dienone is 1. The fraction of sp³-hybridized carbons (Fsp3) is 0.448. The predicted octanol–water partition coefficient (Wildman–Crippen LogP) is 8.11. The van der Waals surface area contributed by atoms with E-state index in [0.29, 0.717) is 13.2 Å². The lowest BCUT2D eigenvalue weighted by Crippen LogP contribution is -2.14. The Bertz CT molecular complexity index is 761. The van der Waals surface area contributed by atoms with E-state index < -0.39 is 0 Å². The van der Waals surface area contributed by atoms with Gasteiger partial charge in [-0.1, -0.05) is 80.1 Å². The average molecular weight is 403 g/mol. The Labute approximate surface area is 183 Å². The van der Waals surface area contributed by atoms with Crippen molar-refractivity contribution in [1.29, 1.82) is 0 Å². The first-order valence-corrected chi connectivity index (χ1v) is 11.8. The van der Waals surface area contributed by atoms with Crippen LogP contribution in [-0.4, -0.2) is 6.61 Å². The van der Waals surface area contributed by atoms with Gasteiger partial charge >= 0.3 is 0 Å². The van der Waals surface area contributed by atoms with Crippen LogP contribution in [0.25, 0.3) is 6.08 Å². The van der Waals surface area contributed by atoms with Gasteiger partial charge in [-0.05, 0) is 79.0 Å². The summed E-state index contributed by atoms with van der Waals surface area (Å²) in [5, 5.41) is 0. The summed E-state index contributed by atoms with van der Waals surface area (Å²) in [6, 6.07) is 18.3. The van der Waals surface area contributed by atoms with Crippen LogP contribution >= 0.6 is 0 Å². The number of unbranched alkanes of at least 4 members (excludes halogenated alkanes) is 1. The number of hydrogen-bond acceptors (Lipinski definition) is 1. The van der Waals surface area contributed by atoms with Crippen molar-refractivity contribution in [3.8, 4) is 0 Å². The Hall–Kier alpha value is -2.12. The number of ether oxygens (including phenoxy) is 1. The largest absolute Gasteiger partial charge is 0.373 e. The van der Waals surface area contributed by atoms with Crippen LogP contribution in [0.15, 0.2) is 67.3 Å². The van der Waals surface area contributed by atoms with Crippen molar-refractivity contribution in [2.75, 3.05) is 6.61 Å². The second-order valence-corrected chi connectivity index (χ2v) is 8.73. The lowest BCUT2D eigenvalue weighted by atomic mass is 9.77. The van der Waals surface area contributed by atoms with E-state index >= 15 is 0 Å². The lowest BCUT2D eigenvalue weighted by Gasteiger charge is -2.29. The van der Waals surface area contributed by atoms with Crippen LogP contribution in [0.3, 0.4) is 0 Å². The highest BCUT2D eigenvalue weighted by Crippen LogP contribution is 2.37. The van der Waals surface area contributed by atoms with E-state index in [9.17, 15) is 0 Å². The highest BCUT2D eigenvalue weighted by molar-refractivity contribution is 5.49. The molecule has 1 aliphatic rings. The third kappa shape index (κ3) is 7.29. The Balaban J connectivity index is 1.39. The number of hydrogen-bond donors (Lipinski definition) is 0. The molecule has 0 aromatic heterocycles. The van der Waals surface area contributed by atoms with Crippen molar-refractivity contribution in [3.63, 3.8) is 0 Å². The molecule has 0 amide bonds. The molecule has 0 unspecified atom stereocenters. The van der Waals surface area contributed by atoms with Gasteiger partial charge in [0.1, 0.15) is 0 Å². The van der Waals surface area contributed by atoms with Gasteiger partial charge in [-0.3, -0.25) is 0 Å². The van der Waals surface area contributed by atoms with Gasteiger partial charge in [-0.25, -0.2) is 0 Å². The Morgan fingerprint density at radius 3 is 2.30 bits per heavy atom. The lowest BCUT2D eigenvalue weighted by molar-refractivity contribution is 0.149. The highest BCUT2D eigenvalue weighted by atomic mass is 16.5.